The Morgan fingerprint density at radius 1 is 0.610 bits per heavy atom. The molecule has 0 saturated carbocycles. The first-order chi connectivity index (χ1) is 19.8. The molecule has 0 spiro atoms. The lowest BCUT2D eigenvalue weighted by atomic mass is 10.1. The maximum atomic E-state index is 13.5. The van der Waals surface area contributed by atoms with Crippen LogP contribution in [0.5, 0.6) is 0 Å². The van der Waals surface area contributed by atoms with Crippen molar-refractivity contribution in [1.29, 1.82) is 0 Å². The summed E-state index contributed by atoms with van der Waals surface area (Å²) in [5.74, 6) is -3.31. The van der Waals surface area contributed by atoms with Crippen molar-refractivity contribution >= 4 is 23.7 Å². The van der Waals surface area contributed by atoms with Crippen molar-refractivity contribution in [3.63, 3.8) is 0 Å². The molecule has 216 valence electrons. The smallest absolute Gasteiger partial charge is 0.326 e. The fourth-order valence-electron chi connectivity index (χ4n) is 4.02. The number of imidazole rings is 4. The Hall–Kier alpha value is -5.32. The third-order valence-electron chi connectivity index (χ3n) is 6.15. The number of carboxylic acid groups (broad SMARTS) is 1. The number of nitrogens with one attached hydrogen (secondary N) is 7. The third-order valence-corrected chi connectivity index (χ3v) is 6.15. The van der Waals surface area contributed by atoms with Crippen LogP contribution in [0.2, 0.25) is 0 Å². The van der Waals surface area contributed by atoms with E-state index in [0.29, 0.717) is 22.8 Å². The molecule has 0 aliphatic heterocycles. The largest absolute Gasteiger partial charge is 0.480 e. The molecule has 17 heteroatoms. The second-order valence-electron chi connectivity index (χ2n) is 9.25. The molecule has 0 aromatic carbocycles. The van der Waals surface area contributed by atoms with Gasteiger partial charge in [0.25, 0.3) is 0 Å². The van der Waals surface area contributed by atoms with Crippen molar-refractivity contribution in [1.82, 2.24) is 55.8 Å². The van der Waals surface area contributed by atoms with Gasteiger partial charge in [-0.05, 0) is 0 Å². The average Bonchev–Trinajstić information content (AvgIpc) is 3.76. The first-order valence-electron chi connectivity index (χ1n) is 12.6. The molecule has 0 saturated heterocycles. The van der Waals surface area contributed by atoms with E-state index in [2.05, 4.69) is 55.8 Å². The molecule has 10 N–H and O–H groups in total. The highest BCUT2D eigenvalue weighted by Gasteiger charge is 2.31. The van der Waals surface area contributed by atoms with E-state index in [1.54, 1.807) is 0 Å². The van der Waals surface area contributed by atoms with Crippen LogP contribution in [0.3, 0.4) is 0 Å². The van der Waals surface area contributed by atoms with Crippen LogP contribution in [-0.4, -0.2) is 92.8 Å². The lowest BCUT2D eigenvalue weighted by Crippen LogP contribution is -2.58. The summed E-state index contributed by atoms with van der Waals surface area (Å²) in [4.78, 5) is 78.7. The van der Waals surface area contributed by atoms with Crippen LogP contribution in [-0.2, 0) is 44.9 Å². The third kappa shape index (κ3) is 8.33. The Morgan fingerprint density at radius 3 is 1.32 bits per heavy atom. The van der Waals surface area contributed by atoms with E-state index in [4.69, 9.17) is 5.73 Å². The zero-order valence-corrected chi connectivity index (χ0v) is 21.7. The van der Waals surface area contributed by atoms with Crippen LogP contribution in [0.1, 0.15) is 22.8 Å². The second kappa shape index (κ2) is 13.7. The summed E-state index contributed by atoms with van der Waals surface area (Å²) in [5, 5.41) is 17.4. The van der Waals surface area contributed by atoms with Crippen LogP contribution in [0.15, 0.2) is 50.1 Å². The molecular formula is C24H30N12O5. The van der Waals surface area contributed by atoms with E-state index in [1.807, 2.05) is 0 Å². The number of carbonyl (C=O) groups excluding carboxylic acids is 3. The molecule has 4 rings (SSSR count). The predicted octanol–water partition coefficient (Wildman–Crippen LogP) is -2.28. The number of aromatic nitrogens is 8. The maximum absolute atomic E-state index is 13.5. The van der Waals surface area contributed by atoms with Gasteiger partial charge in [-0.2, -0.15) is 0 Å². The molecular weight excluding hydrogens is 536 g/mol. The molecule has 3 amide bonds. The van der Waals surface area contributed by atoms with Crippen molar-refractivity contribution in [2.45, 2.75) is 49.9 Å². The van der Waals surface area contributed by atoms with Crippen LogP contribution >= 0.6 is 0 Å². The standard InChI is InChI=1S/C24H30N12O5/c25-17(1-13-5-26-9-30-13)21(37)34-18(2-14-6-27-10-31-14)22(38)35-19(3-15-7-28-11-32-15)23(39)36-20(24(40)41)4-16-8-29-12-33-16/h5-12,17-20H,1-4,25H2,(H,26,30)(H,27,31)(H,28,32)(H,29,33)(H,34,37)(H,35,38)(H,36,39)(H,40,41). The van der Waals surface area contributed by atoms with Crippen molar-refractivity contribution < 1.29 is 24.3 Å². The summed E-state index contributed by atoms with van der Waals surface area (Å²) in [6.45, 7) is 0. The quantitative estimate of drug-likeness (QED) is 0.0743. The van der Waals surface area contributed by atoms with Gasteiger partial charge in [0.2, 0.25) is 17.7 Å². The second-order valence-corrected chi connectivity index (χ2v) is 9.25. The fraction of sp³-hybridized carbons (Fsp3) is 0.333. The lowest BCUT2D eigenvalue weighted by molar-refractivity contribution is -0.142. The van der Waals surface area contributed by atoms with Gasteiger partial charge >= 0.3 is 5.97 Å². The number of carboxylic acids is 1. The Morgan fingerprint density at radius 2 is 0.951 bits per heavy atom. The first-order valence-corrected chi connectivity index (χ1v) is 12.6. The monoisotopic (exact) mass is 566 g/mol. The number of rotatable bonds is 15. The number of amides is 3. The number of hydrogen-bond acceptors (Lipinski definition) is 9. The average molecular weight is 567 g/mol. The molecule has 4 aromatic heterocycles. The molecule has 4 unspecified atom stereocenters. The van der Waals surface area contributed by atoms with E-state index in [1.165, 1.54) is 50.1 Å². The number of carbonyl (C=O) groups is 4. The van der Waals surface area contributed by atoms with E-state index in [9.17, 15) is 24.3 Å². The predicted molar refractivity (Wildman–Crippen MR) is 141 cm³/mol. The van der Waals surface area contributed by atoms with E-state index in [-0.39, 0.29) is 25.7 Å². The van der Waals surface area contributed by atoms with Gasteiger partial charge in [0.05, 0.1) is 31.4 Å². The highest BCUT2D eigenvalue weighted by atomic mass is 16.4. The minimum Gasteiger partial charge on any atom is -0.480 e. The van der Waals surface area contributed by atoms with Crippen molar-refractivity contribution in [3.8, 4) is 0 Å². The van der Waals surface area contributed by atoms with Crippen molar-refractivity contribution in [2.75, 3.05) is 0 Å². The first kappa shape index (κ1) is 28.7. The molecule has 17 nitrogen and oxygen atoms in total. The van der Waals surface area contributed by atoms with E-state index < -0.39 is 47.9 Å². The lowest BCUT2D eigenvalue weighted by Gasteiger charge is -2.25. The summed E-state index contributed by atoms with van der Waals surface area (Å²) in [6.07, 6.45) is 11.7. The Balaban J connectivity index is 1.49. The summed E-state index contributed by atoms with van der Waals surface area (Å²) < 4.78 is 0. The highest BCUT2D eigenvalue weighted by molar-refractivity contribution is 5.94. The molecule has 41 heavy (non-hydrogen) atoms. The van der Waals surface area contributed by atoms with Crippen LogP contribution in [0.4, 0.5) is 0 Å². The molecule has 0 radical (unpaired) electrons. The molecule has 0 aliphatic rings. The maximum Gasteiger partial charge on any atom is 0.326 e. The van der Waals surface area contributed by atoms with Gasteiger partial charge in [0.15, 0.2) is 0 Å². The number of aliphatic carboxylic acids is 1. The van der Waals surface area contributed by atoms with Gasteiger partial charge in [-0.3, -0.25) is 14.4 Å². The minimum atomic E-state index is -1.30. The SMILES string of the molecule is NC(Cc1cnc[nH]1)C(=O)NC(Cc1cnc[nH]1)C(=O)NC(Cc1cnc[nH]1)C(=O)NC(Cc1cnc[nH]1)C(=O)O. The zero-order valence-electron chi connectivity index (χ0n) is 21.7. The summed E-state index contributed by atoms with van der Waals surface area (Å²) in [7, 11) is 0. The van der Waals surface area contributed by atoms with Gasteiger partial charge in [-0.15, -0.1) is 0 Å². The van der Waals surface area contributed by atoms with Gasteiger partial charge in [-0.1, -0.05) is 0 Å². The molecule has 4 atom stereocenters. The van der Waals surface area contributed by atoms with E-state index in [0.717, 1.165) is 0 Å². The van der Waals surface area contributed by atoms with Crippen LogP contribution in [0, 0.1) is 0 Å². The highest BCUT2D eigenvalue weighted by Crippen LogP contribution is 2.06. The number of nitrogens with two attached hydrogens (primary N) is 1. The molecule has 0 fully saturated rings. The van der Waals surface area contributed by atoms with Gasteiger partial charge in [-0.25, -0.2) is 24.7 Å². The molecule has 0 bridgehead atoms. The number of aromatic amines is 4. The number of hydrogen-bond donors (Lipinski definition) is 9. The molecule has 4 heterocycles. The summed E-state index contributed by atoms with van der Waals surface area (Å²) in [5.41, 5.74) is 8.26. The Bertz CT molecular complexity index is 1390. The summed E-state index contributed by atoms with van der Waals surface area (Å²) >= 11 is 0. The molecule has 4 aromatic rings. The van der Waals surface area contributed by atoms with Crippen LogP contribution in [0.25, 0.3) is 0 Å². The topological polar surface area (TPSA) is 265 Å². The Kier molecular flexibility index (Phi) is 9.55. The number of nitrogens with zero attached hydrogens (tertiary/aromatic N) is 4. The number of H-pyrrole nitrogens is 4. The van der Waals surface area contributed by atoms with Crippen molar-refractivity contribution in [2.24, 2.45) is 5.73 Å². The minimum absolute atomic E-state index is 0.0182. The van der Waals surface area contributed by atoms with Crippen molar-refractivity contribution in [3.05, 3.63) is 72.9 Å². The fourth-order valence-corrected chi connectivity index (χ4v) is 4.02. The summed E-state index contributed by atoms with van der Waals surface area (Å²) in [6, 6.07) is -4.65. The van der Waals surface area contributed by atoms with E-state index >= 15 is 0 Å². The van der Waals surface area contributed by atoms with Gasteiger partial charge < -0.3 is 46.7 Å². The van der Waals surface area contributed by atoms with Crippen LogP contribution < -0.4 is 21.7 Å². The molecule has 0 aliphatic carbocycles. The van der Waals surface area contributed by atoms with Gasteiger partial charge in [0, 0.05) is 73.2 Å². The van der Waals surface area contributed by atoms with Gasteiger partial charge in [0.1, 0.15) is 18.1 Å². The zero-order chi connectivity index (χ0) is 29.2. The normalized spacial score (nSPS) is 14.0. The Labute approximate surface area is 232 Å².